The molecule has 4 rings (SSSR count). The molecule has 0 aromatic heterocycles. The van der Waals surface area contributed by atoms with E-state index in [1.807, 2.05) is 27.7 Å². The molecule has 40 heavy (non-hydrogen) atoms. The van der Waals surface area contributed by atoms with Gasteiger partial charge in [-0.2, -0.15) is 0 Å². The molecule has 2 aromatic rings. The first-order chi connectivity index (χ1) is 18.8. The Balaban J connectivity index is 0.000000238. The summed E-state index contributed by atoms with van der Waals surface area (Å²) in [6.45, 7) is 10.8. The molecule has 0 bridgehead atoms. The van der Waals surface area contributed by atoms with Gasteiger partial charge >= 0.3 is 18.0 Å². The Hall–Kier alpha value is -2.69. The fourth-order valence-corrected chi connectivity index (χ4v) is 6.70. The predicted molar refractivity (Wildman–Crippen MR) is 159 cm³/mol. The van der Waals surface area contributed by atoms with E-state index in [-0.39, 0.29) is 11.3 Å². The van der Waals surface area contributed by atoms with Gasteiger partial charge < -0.3 is 19.9 Å². The van der Waals surface area contributed by atoms with Crippen LogP contribution in [0.2, 0.25) is 0 Å². The van der Waals surface area contributed by atoms with E-state index in [1.165, 1.54) is 28.0 Å². The molecule has 8 nitrogen and oxygen atoms in total. The number of esters is 1. The molecule has 0 saturated carbocycles. The zero-order valence-electron chi connectivity index (χ0n) is 24.0. The van der Waals surface area contributed by atoms with Gasteiger partial charge in [-0.1, -0.05) is 35.4 Å². The van der Waals surface area contributed by atoms with Gasteiger partial charge in [-0.3, -0.25) is 9.69 Å². The van der Waals surface area contributed by atoms with E-state index in [2.05, 4.69) is 60.8 Å². The van der Waals surface area contributed by atoms with Gasteiger partial charge in [-0.15, -0.1) is 23.5 Å². The highest BCUT2D eigenvalue weighted by Crippen LogP contribution is 2.34. The van der Waals surface area contributed by atoms with Crippen molar-refractivity contribution in [1.29, 1.82) is 0 Å². The number of hydrogen-bond acceptors (Lipinski definition) is 8. The van der Waals surface area contributed by atoms with Gasteiger partial charge in [0, 0.05) is 33.4 Å². The molecule has 0 spiro atoms. The Bertz CT molecular complexity index is 1150. The van der Waals surface area contributed by atoms with E-state index in [0.717, 1.165) is 11.4 Å². The quantitative estimate of drug-likeness (QED) is 0.421. The number of hydrogen-bond donors (Lipinski definition) is 2. The minimum atomic E-state index is -0.744. The molecule has 218 valence electrons. The van der Waals surface area contributed by atoms with Gasteiger partial charge in [-0.25, -0.2) is 9.59 Å². The van der Waals surface area contributed by atoms with Gasteiger partial charge in [0.15, 0.2) is 0 Å². The number of nitrogens with zero attached hydrogens (tertiary/aromatic N) is 1. The fourth-order valence-electron chi connectivity index (χ4n) is 4.36. The number of rotatable bonds is 6. The summed E-state index contributed by atoms with van der Waals surface area (Å²) in [7, 11) is 1.34. The standard InChI is InChI=1S/C18H25NO4S.C12H15NO2S/c1-12-6-8-13(9-7-12)24-14-10-15(16(20)22-5)19(11-14)17(21)23-18(2,3)4;1-8-2-4-9(5-3-8)16-10-6-11(12(14)15)13-7-10/h6-9,14-15H,10-11H2,1-5H3;2-5,10-11,13H,6-7H2,1H3,(H,14,15)/t14?,15-;10?,11-/m00/s1. The summed E-state index contributed by atoms with van der Waals surface area (Å²) in [6, 6.07) is 15.6. The summed E-state index contributed by atoms with van der Waals surface area (Å²) in [5.41, 5.74) is 1.85. The molecule has 2 fully saturated rings. The Morgan fingerprint density at radius 1 is 0.900 bits per heavy atom. The second kappa shape index (κ2) is 14.3. The number of ether oxygens (including phenoxy) is 2. The smallest absolute Gasteiger partial charge is 0.411 e. The summed E-state index contributed by atoms with van der Waals surface area (Å²) in [5.74, 6) is -1.14. The zero-order chi connectivity index (χ0) is 29.4. The highest BCUT2D eigenvalue weighted by atomic mass is 32.2. The number of aryl methyl sites for hydroxylation is 2. The van der Waals surface area contributed by atoms with Crippen LogP contribution in [0, 0.1) is 13.8 Å². The van der Waals surface area contributed by atoms with Crippen LogP contribution in [0.3, 0.4) is 0 Å². The van der Waals surface area contributed by atoms with E-state index in [4.69, 9.17) is 14.6 Å². The number of carboxylic acid groups (broad SMARTS) is 1. The molecule has 2 aliphatic rings. The number of thioether (sulfide) groups is 2. The van der Waals surface area contributed by atoms with Crippen molar-refractivity contribution in [2.24, 2.45) is 0 Å². The molecule has 4 atom stereocenters. The van der Waals surface area contributed by atoms with Crippen LogP contribution in [0.5, 0.6) is 0 Å². The summed E-state index contributed by atoms with van der Waals surface area (Å²) < 4.78 is 10.3. The topological polar surface area (TPSA) is 105 Å². The first-order valence-electron chi connectivity index (χ1n) is 13.3. The Morgan fingerprint density at radius 3 is 1.88 bits per heavy atom. The van der Waals surface area contributed by atoms with Crippen LogP contribution in [0.4, 0.5) is 4.79 Å². The van der Waals surface area contributed by atoms with Crippen LogP contribution >= 0.6 is 23.5 Å². The van der Waals surface area contributed by atoms with E-state index >= 15 is 0 Å². The molecule has 2 unspecified atom stereocenters. The third-order valence-corrected chi connectivity index (χ3v) is 8.86. The molecule has 2 heterocycles. The van der Waals surface area contributed by atoms with E-state index in [1.54, 1.807) is 23.5 Å². The second-order valence-electron chi connectivity index (χ2n) is 11.0. The van der Waals surface area contributed by atoms with Crippen LogP contribution in [-0.2, 0) is 19.1 Å². The van der Waals surface area contributed by atoms with Crippen LogP contribution < -0.4 is 5.32 Å². The molecule has 0 radical (unpaired) electrons. The van der Waals surface area contributed by atoms with Crippen LogP contribution in [0.25, 0.3) is 0 Å². The Kier molecular flexibility index (Phi) is 11.4. The normalized spacial score (nSPS) is 22.3. The molecule has 2 N–H and O–H groups in total. The third kappa shape index (κ3) is 9.74. The minimum absolute atomic E-state index is 0.129. The molecule has 2 aromatic carbocycles. The number of carbonyl (C=O) groups excluding carboxylic acids is 2. The first kappa shape index (κ1) is 31.8. The lowest BCUT2D eigenvalue weighted by atomic mass is 10.2. The van der Waals surface area contributed by atoms with Gasteiger partial charge in [-0.05, 0) is 71.7 Å². The van der Waals surface area contributed by atoms with E-state index in [9.17, 15) is 14.4 Å². The summed E-state index contributed by atoms with van der Waals surface area (Å²) in [4.78, 5) is 39.1. The highest BCUT2D eigenvalue weighted by Gasteiger charge is 2.42. The molecule has 2 aliphatic heterocycles. The van der Waals surface area contributed by atoms with Gasteiger partial charge in [0.2, 0.25) is 0 Å². The molecule has 0 aliphatic carbocycles. The number of amides is 1. The lowest BCUT2D eigenvalue weighted by molar-refractivity contribution is -0.145. The SMILES string of the molecule is COC(=O)[C@@H]1CC(Sc2ccc(C)cc2)CN1C(=O)OC(C)(C)C.Cc1ccc(SC2CN[C@H](C(=O)O)C2)cc1. The number of carbonyl (C=O) groups is 3. The first-order valence-corrected chi connectivity index (χ1v) is 15.1. The average molecular weight is 589 g/mol. The third-order valence-electron chi connectivity index (χ3n) is 6.40. The largest absolute Gasteiger partial charge is 0.480 e. The maximum atomic E-state index is 12.4. The second-order valence-corrected chi connectivity index (χ2v) is 13.8. The summed E-state index contributed by atoms with van der Waals surface area (Å²) in [5, 5.41) is 12.4. The van der Waals surface area contributed by atoms with Gasteiger partial charge in [0.05, 0.1) is 7.11 Å². The molecule has 2 saturated heterocycles. The molecule has 1 amide bonds. The molecular weight excluding hydrogens is 548 g/mol. The predicted octanol–water partition coefficient (Wildman–Crippen LogP) is 5.54. The van der Waals surface area contributed by atoms with Gasteiger partial charge in [0.25, 0.3) is 0 Å². The van der Waals surface area contributed by atoms with Crippen molar-refractivity contribution in [3.05, 3.63) is 59.7 Å². The monoisotopic (exact) mass is 588 g/mol. The van der Waals surface area contributed by atoms with Gasteiger partial charge in [0.1, 0.15) is 17.7 Å². The Morgan fingerprint density at radius 2 is 1.43 bits per heavy atom. The van der Waals surface area contributed by atoms with Crippen molar-refractivity contribution in [3.63, 3.8) is 0 Å². The maximum Gasteiger partial charge on any atom is 0.411 e. The number of benzene rings is 2. The van der Waals surface area contributed by atoms with Crippen LogP contribution in [-0.4, -0.2) is 76.4 Å². The lowest BCUT2D eigenvalue weighted by Crippen LogP contribution is -2.43. The van der Waals surface area contributed by atoms with E-state index in [0.29, 0.717) is 24.6 Å². The van der Waals surface area contributed by atoms with Crippen molar-refractivity contribution < 1.29 is 29.0 Å². The van der Waals surface area contributed by atoms with Crippen LogP contribution in [0.15, 0.2) is 58.3 Å². The highest BCUT2D eigenvalue weighted by molar-refractivity contribution is 8.00. The molecular formula is C30H40N2O6S2. The number of carboxylic acids is 1. The van der Waals surface area contributed by atoms with Crippen molar-refractivity contribution in [3.8, 4) is 0 Å². The number of methoxy groups -OCH3 is 1. The number of aliphatic carboxylic acids is 1. The molecule has 10 heteroatoms. The van der Waals surface area contributed by atoms with Crippen LogP contribution in [0.1, 0.15) is 44.7 Å². The van der Waals surface area contributed by atoms with Crippen molar-refractivity contribution >= 4 is 41.6 Å². The summed E-state index contributed by atoms with van der Waals surface area (Å²) in [6.07, 6.45) is 0.795. The minimum Gasteiger partial charge on any atom is -0.480 e. The van der Waals surface area contributed by atoms with Crippen molar-refractivity contribution in [2.75, 3.05) is 20.2 Å². The van der Waals surface area contributed by atoms with Crippen molar-refractivity contribution in [2.45, 2.75) is 85.4 Å². The number of nitrogens with one attached hydrogen (secondary N) is 1. The zero-order valence-corrected chi connectivity index (χ0v) is 25.6. The van der Waals surface area contributed by atoms with E-state index < -0.39 is 29.7 Å². The fraction of sp³-hybridized carbons (Fsp3) is 0.500. The Labute approximate surface area is 245 Å². The lowest BCUT2D eigenvalue weighted by Gasteiger charge is -2.27. The average Bonchev–Trinajstić information content (AvgIpc) is 3.53. The maximum absolute atomic E-state index is 12.4. The summed E-state index contributed by atoms with van der Waals surface area (Å²) >= 11 is 3.43. The van der Waals surface area contributed by atoms with Crippen molar-refractivity contribution in [1.82, 2.24) is 10.2 Å². The number of likely N-dealkylation sites (tertiary alicyclic amines) is 1.